The Balaban J connectivity index is 1.82. The highest BCUT2D eigenvalue weighted by Gasteiger charge is 2.44. The molecule has 9 nitrogen and oxygen atoms in total. The van der Waals surface area contributed by atoms with E-state index >= 15 is 0 Å². The van der Waals surface area contributed by atoms with Crippen LogP contribution in [0.4, 0.5) is 14.5 Å². The van der Waals surface area contributed by atoms with Gasteiger partial charge in [-0.2, -0.15) is 5.26 Å². The Bertz CT molecular complexity index is 1280. The topological polar surface area (TPSA) is 119 Å². The van der Waals surface area contributed by atoms with Crippen molar-refractivity contribution >= 4 is 17.5 Å². The summed E-state index contributed by atoms with van der Waals surface area (Å²) in [5.74, 6) is -3.61. The summed E-state index contributed by atoms with van der Waals surface area (Å²) in [6.07, 6.45) is 3.55. The molecule has 0 spiro atoms. The third-order valence-corrected chi connectivity index (χ3v) is 7.84. The Kier molecular flexibility index (Phi) is 8.83. The molecule has 2 aliphatic rings. The van der Waals surface area contributed by atoms with Gasteiger partial charge in [0.05, 0.1) is 19.8 Å². The molecule has 0 bridgehead atoms. The lowest BCUT2D eigenvalue weighted by atomic mass is 9.87. The molecule has 2 amide bonds. The average Bonchev–Trinajstić information content (AvgIpc) is 3.32. The number of aliphatic hydroxyl groups is 1. The number of nitriles is 1. The van der Waals surface area contributed by atoms with E-state index in [0.29, 0.717) is 17.0 Å². The summed E-state index contributed by atoms with van der Waals surface area (Å²) in [5.41, 5.74) is 1.52. The molecular weight excluding hydrogens is 532 g/mol. The minimum Gasteiger partial charge on any atom is -0.496 e. The molecule has 1 saturated carbocycles. The van der Waals surface area contributed by atoms with Gasteiger partial charge in [-0.05, 0) is 42.0 Å². The molecule has 220 valence electrons. The number of pyridine rings is 1. The maximum absolute atomic E-state index is 14.3. The highest BCUT2D eigenvalue weighted by atomic mass is 19.3. The molecule has 11 heteroatoms. The monoisotopic (exact) mass is 569 g/mol. The van der Waals surface area contributed by atoms with E-state index in [2.05, 4.69) is 31.1 Å². The molecule has 1 aromatic heterocycles. The third kappa shape index (κ3) is 6.76. The van der Waals surface area contributed by atoms with Crippen molar-refractivity contribution < 1.29 is 28.2 Å². The van der Waals surface area contributed by atoms with Gasteiger partial charge in [0.25, 0.3) is 5.91 Å². The number of methoxy groups -OCH3 is 1. The number of nitrogens with one attached hydrogen (secondary N) is 1. The number of amides is 2. The van der Waals surface area contributed by atoms with Crippen molar-refractivity contribution in [2.45, 2.75) is 88.4 Å². The highest BCUT2D eigenvalue weighted by molar-refractivity contribution is 6.04. The molecule has 1 aromatic carbocycles. The van der Waals surface area contributed by atoms with E-state index < -0.39 is 42.0 Å². The van der Waals surface area contributed by atoms with Crippen molar-refractivity contribution in [2.75, 3.05) is 18.6 Å². The predicted molar refractivity (Wildman–Crippen MR) is 148 cm³/mol. The van der Waals surface area contributed by atoms with E-state index in [0.717, 1.165) is 5.56 Å². The normalized spacial score (nSPS) is 21.6. The average molecular weight is 570 g/mol. The first-order chi connectivity index (χ1) is 19.3. The lowest BCUT2D eigenvalue weighted by Gasteiger charge is -2.36. The van der Waals surface area contributed by atoms with Gasteiger partial charge < -0.3 is 15.2 Å². The fraction of sp³-hybridized carbons (Fsp3) is 0.533. The first-order valence-corrected chi connectivity index (χ1v) is 13.8. The fourth-order valence-electron chi connectivity index (χ4n) is 5.49. The van der Waals surface area contributed by atoms with Gasteiger partial charge in [-0.1, -0.05) is 32.9 Å². The van der Waals surface area contributed by atoms with Gasteiger partial charge in [0, 0.05) is 48.9 Å². The van der Waals surface area contributed by atoms with Crippen molar-refractivity contribution in [2.24, 2.45) is 0 Å². The molecular formula is C30H37F2N5O4. The van der Waals surface area contributed by atoms with Gasteiger partial charge in [-0.25, -0.2) is 8.78 Å². The second-order valence-corrected chi connectivity index (χ2v) is 11.8. The number of aliphatic hydroxyl groups excluding tert-OH is 1. The van der Waals surface area contributed by atoms with Gasteiger partial charge in [0.15, 0.2) is 6.19 Å². The number of benzene rings is 1. The molecule has 3 atom stereocenters. The van der Waals surface area contributed by atoms with Crippen molar-refractivity contribution in [3.63, 3.8) is 0 Å². The van der Waals surface area contributed by atoms with Crippen molar-refractivity contribution in [3.05, 3.63) is 53.9 Å². The van der Waals surface area contributed by atoms with E-state index in [-0.39, 0.29) is 44.1 Å². The van der Waals surface area contributed by atoms with E-state index in [9.17, 15) is 28.7 Å². The number of alkyl halides is 2. The Morgan fingerprint density at radius 3 is 2.46 bits per heavy atom. The van der Waals surface area contributed by atoms with Crippen LogP contribution in [-0.2, 0) is 15.0 Å². The standard InChI is InChI=1S/C30H37F2N5O4/c1-29(2,3)19-5-7-21(8-6-19)37(28(40)24-15-22(38)17-36(24)18-33)26(23-16-34-14-11-25(23)41-4)27(39)35-20-9-12-30(31,32)13-10-20/h5-8,11,14,16,20,22,24,26,38H,9-10,12-13,15,17H2,1-4H3,(H,35,39). The maximum atomic E-state index is 14.3. The minimum atomic E-state index is -2.77. The Hall–Kier alpha value is -3.78. The lowest BCUT2D eigenvalue weighted by Crippen LogP contribution is -2.52. The SMILES string of the molecule is COc1ccncc1C(C(=O)NC1CCC(F)(F)CC1)N(C(=O)C1CC(O)CN1C#N)c1ccc(C(C)(C)C)cc1. The molecule has 2 heterocycles. The number of nitrogens with zero attached hydrogens (tertiary/aromatic N) is 4. The molecule has 2 N–H and O–H groups in total. The number of anilines is 1. The molecule has 41 heavy (non-hydrogen) atoms. The number of likely N-dealkylation sites (tertiary alicyclic amines) is 1. The number of carbonyl (C=O) groups is 2. The lowest BCUT2D eigenvalue weighted by molar-refractivity contribution is -0.129. The highest BCUT2D eigenvalue weighted by Crippen LogP contribution is 2.37. The second kappa shape index (κ2) is 12.0. The number of aromatic nitrogens is 1. The first kappa shape index (κ1) is 30.2. The van der Waals surface area contributed by atoms with Crippen molar-refractivity contribution in [1.29, 1.82) is 5.26 Å². The first-order valence-electron chi connectivity index (χ1n) is 13.8. The number of rotatable bonds is 7. The van der Waals surface area contributed by atoms with Crippen LogP contribution < -0.4 is 15.0 Å². The summed E-state index contributed by atoms with van der Waals surface area (Å²) < 4.78 is 33.2. The fourth-order valence-corrected chi connectivity index (χ4v) is 5.49. The van der Waals surface area contributed by atoms with Crippen LogP contribution in [0.15, 0.2) is 42.7 Å². The van der Waals surface area contributed by atoms with E-state index in [1.54, 1.807) is 18.2 Å². The van der Waals surface area contributed by atoms with Crippen LogP contribution in [0.5, 0.6) is 5.75 Å². The van der Waals surface area contributed by atoms with Crippen LogP contribution in [0, 0.1) is 11.5 Å². The zero-order valence-electron chi connectivity index (χ0n) is 23.8. The number of β-amino-alcohol motifs (C(OH)–C–C–N with tert-alkyl or cyclic N) is 1. The minimum absolute atomic E-state index is 0.00687. The summed E-state index contributed by atoms with van der Waals surface area (Å²) in [7, 11) is 1.44. The number of ether oxygens (including phenoxy) is 1. The van der Waals surface area contributed by atoms with Gasteiger partial charge in [0.1, 0.15) is 17.8 Å². The Morgan fingerprint density at radius 2 is 1.88 bits per heavy atom. The van der Waals surface area contributed by atoms with E-state index in [1.807, 2.05) is 18.3 Å². The summed E-state index contributed by atoms with van der Waals surface area (Å²) in [5, 5.41) is 22.9. The second-order valence-electron chi connectivity index (χ2n) is 11.8. The zero-order chi connectivity index (χ0) is 29.9. The molecule has 1 saturated heterocycles. The Morgan fingerprint density at radius 1 is 1.22 bits per heavy atom. The van der Waals surface area contributed by atoms with Crippen molar-refractivity contribution in [3.8, 4) is 11.9 Å². The predicted octanol–water partition coefficient (Wildman–Crippen LogP) is 4.07. The molecule has 2 fully saturated rings. The Labute approximate surface area is 239 Å². The van der Waals surface area contributed by atoms with E-state index in [1.165, 1.54) is 29.3 Å². The van der Waals surface area contributed by atoms with Gasteiger partial charge in [-0.15, -0.1) is 0 Å². The number of halogens is 2. The van der Waals surface area contributed by atoms with Gasteiger partial charge in [0.2, 0.25) is 11.8 Å². The molecule has 2 aromatic rings. The largest absolute Gasteiger partial charge is 0.496 e. The van der Waals surface area contributed by atoms with Gasteiger partial charge in [-0.3, -0.25) is 24.4 Å². The maximum Gasteiger partial charge on any atom is 0.251 e. The van der Waals surface area contributed by atoms with E-state index in [4.69, 9.17) is 4.74 Å². The number of hydrogen-bond acceptors (Lipinski definition) is 7. The smallest absolute Gasteiger partial charge is 0.251 e. The van der Waals surface area contributed by atoms with Crippen LogP contribution >= 0.6 is 0 Å². The van der Waals surface area contributed by atoms with Gasteiger partial charge >= 0.3 is 0 Å². The number of carbonyl (C=O) groups excluding carboxylic acids is 2. The molecule has 0 radical (unpaired) electrons. The quantitative estimate of drug-likeness (QED) is 0.483. The third-order valence-electron chi connectivity index (χ3n) is 7.84. The van der Waals surface area contributed by atoms with Crippen LogP contribution in [0.1, 0.15) is 70.0 Å². The summed E-state index contributed by atoms with van der Waals surface area (Å²) in [6, 6.07) is 5.99. The molecule has 3 unspecified atom stereocenters. The zero-order valence-corrected chi connectivity index (χ0v) is 23.8. The van der Waals surface area contributed by atoms with Crippen LogP contribution in [0.25, 0.3) is 0 Å². The molecule has 1 aliphatic heterocycles. The molecule has 4 rings (SSSR count). The van der Waals surface area contributed by atoms with Crippen molar-refractivity contribution in [1.82, 2.24) is 15.2 Å². The van der Waals surface area contributed by atoms with Crippen LogP contribution in [-0.4, -0.2) is 64.6 Å². The summed E-state index contributed by atoms with van der Waals surface area (Å²) in [4.78, 5) is 35.1. The summed E-state index contributed by atoms with van der Waals surface area (Å²) in [6.45, 7) is 6.16. The van der Waals surface area contributed by atoms with Crippen LogP contribution in [0.2, 0.25) is 0 Å². The molecule has 1 aliphatic carbocycles. The summed E-state index contributed by atoms with van der Waals surface area (Å²) >= 11 is 0. The van der Waals surface area contributed by atoms with Crippen LogP contribution in [0.3, 0.4) is 0 Å². The number of hydrogen-bond donors (Lipinski definition) is 2.